The van der Waals surface area contributed by atoms with Gasteiger partial charge in [-0.3, -0.25) is 4.79 Å². The highest BCUT2D eigenvalue weighted by Gasteiger charge is 2.20. The summed E-state index contributed by atoms with van der Waals surface area (Å²) in [6.07, 6.45) is 6.34. The van der Waals surface area contributed by atoms with Crippen LogP contribution in [0.5, 0.6) is 0 Å². The van der Waals surface area contributed by atoms with Gasteiger partial charge < -0.3 is 9.64 Å². The largest absolute Gasteiger partial charge is 0.378 e. The van der Waals surface area contributed by atoms with E-state index in [0.29, 0.717) is 10.6 Å². The topological polar surface area (TPSA) is 47.4 Å². The molecule has 0 aliphatic carbocycles. The Labute approximate surface area is 128 Å². The SMILES string of the molecule is CCCOC1CCCN(c2cnn(C)c(=O)c2Br)CC1. The monoisotopic (exact) mass is 343 g/mol. The van der Waals surface area contributed by atoms with E-state index in [2.05, 4.69) is 32.9 Å². The van der Waals surface area contributed by atoms with Crippen LogP contribution in [0.4, 0.5) is 5.69 Å². The van der Waals surface area contributed by atoms with E-state index in [-0.39, 0.29) is 5.56 Å². The van der Waals surface area contributed by atoms with Crippen LogP contribution >= 0.6 is 15.9 Å². The second-order valence-corrected chi connectivity index (χ2v) is 5.98. The van der Waals surface area contributed by atoms with Crippen LogP contribution in [0.15, 0.2) is 15.5 Å². The molecule has 5 nitrogen and oxygen atoms in total. The number of ether oxygens (including phenoxy) is 1. The molecule has 2 heterocycles. The molecule has 1 aromatic rings. The Hall–Kier alpha value is -0.880. The van der Waals surface area contributed by atoms with Gasteiger partial charge in [-0.1, -0.05) is 6.92 Å². The lowest BCUT2D eigenvalue weighted by molar-refractivity contribution is 0.0461. The smallest absolute Gasteiger partial charge is 0.282 e. The molecule has 1 aliphatic rings. The molecular weight excluding hydrogens is 322 g/mol. The first-order chi connectivity index (χ1) is 9.63. The number of halogens is 1. The van der Waals surface area contributed by atoms with Gasteiger partial charge in [-0.2, -0.15) is 5.10 Å². The lowest BCUT2D eigenvalue weighted by Gasteiger charge is -2.23. The predicted molar refractivity (Wildman–Crippen MR) is 83.3 cm³/mol. The minimum atomic E-state index is -0.0921. The van der Waals surface area contributed by atoms with Crippen molar-refractivity contribution in [2.75, 3.05) is 24.6 Å². The molecular formula is C14H22BrN3O2. The minimum absolute atomic E-state index is 0.0921. The summed E-state index contributed by atoms with van der Waals surface area (Å²) in [5, 5.41) is 4.12. The molecule has 0 aromatic carbocycles. The number of hydrogen-bond donors (Lipinski definition) is 0. The van der Waals surface area contributed by atoms with Crippen LogP contribution in [0.2, 0.25) is 0 Å². The van der Waals surface area contributed by atoms with Gasteiger partial charge >= 0.3 is 0 Å². The predicted octanol–water partition coefficient (Wildman–Crippen LogP) is 2.33. The van der Waals surface area contributed by atoms with Crippen molar-refractivity contribution in [3.05, 3.63) is 21.0 Å². The van der Waals surface area contributed by atoms with Crippen molar-refractivity contribution in [3.8, 4) is 0 Å². The van der Waals surface area contributed by atoms with Crippen LogP contribution in [0.3, 0.4) is 0 Å². The van der Waals surface area contributed by atoms with E-state index in [1.54, 1.807) is 13.2 Å². The number of aromatic nitrogens is 2. The van der Waals surface area contributed by atoms with Gasteiger partial charge in [0.25, 0.3) is 5.56 Å². The quantitative estimate of drug-likeness (QED) is 0.841. The third-order valence-corrected chi connectivity index (χ3v) is 4.38. The molecule has 0 saturated carbocycles. The van der Waals surface area contributed by atoms with Crippen molar-refractivity contribution in [2.45, 2.75) is 38.7 Å². The van der Waals surface area contributed by atoms with E-state index in [0.717, 1.165) is 51.1 Å². The molecule has 1 fully saturated rings. The second kappa shape index (κ2) is 7.22. The van der Waals surface area contributed by atoms with Crippen LogP contribution < -0.4 is 10.5 Å². The van der Waals surface area contributed by atoms with E-state index in [4.69, 9.17) is 4.74 Å². The van der Waals surface area contributed by atoms with E-state index in [9.17, 15) is 4.79 Å². The van der Waals surface area contributed by atoms with Gasteiger partial charge in [0.05, 0.1) is 18.0 Å². The first-order valence-electron chi connectivity index (χ1n) is 7.21. The molecule has 0 radical (unpaired) electrons. The van der Waals surface area contributed by atoms with Crippen LogP contribution in [0.25, 0.3) is 0 Å². The molecule has 2 rings (SSSR count). The van der Waals surface area contributed by atoms with Crippen molar-refractivity contribution in [2.24, 2.45) is 7.05 Å². The van der Waals surface area contributed by atoms with Crippen LogP contribution in [0, 0.1) is 0 Å². The van der Waals surface area contributed by atoms with Crippen LogP contribution in [-0.4, -0.2) is 35.6 Å². The lowest BCUT2D eigenvalue weighted by Crippen LogP contribution is -2.29. The van der Waals surface area contributed by atoms with E-state index in [1.807, 2.05) is 0 Å². The van der Waals surface area contributed by atoms with E-state index >= 15 is 0 Å². The van der Waals surface area contributed by atoms with Gasteiger partial charge in [0.15, 0.2) is 0 Å². The molecule has 6 heteroatoms. The minimum Gasteiger partial charge on any atom is -0.378 e. The molecule has 1 unspecified atom stereocenters. The first kappa shape index (κ1) is 15.5. The van der Waals surface area contributed by atoms with Crippen LogP contribution in [-0.2, 0) is 11.8 Å². The molecule has 0 spiro atoms. The zero-order valence-corrected chi connectivity index (χ0v) is 13.7. The fourth-order valence-corrected chi connectivity index (χ4v) is 3.09. The molecule has 1 atom stereocenters. The average Bonchev–Trinajstić information content (AvgIpc) is 2.68. The molecule has 20 heavy (non-hydrogen) atoms. The summed E-state index contributed by atoms with van der Waals surface area (Å²) in [5.74, 6) is 0. The van der Waals surface area contributed by atoms with E-state index < -0.39 is 0 Å². The zero-order valence-electron chi connectivity index (χ0n) is 12.1. The highest BCUT2D eigenvalue weighted by atomic mass is 79.9. The normalized spacial score (nSPS) is 19.9. The summed E-state index contributed by atoms with van der Waals surface area (Å²) < 4.78 is 7.80. The number of aryl methyl sites for hydroxylation is 1. The Morgan fingerprint density at radius 2 is 2.25 bits per heavy atom. The average molecular weight is 344 g/mol. The summed E-state index contributed by atoms with van der Waals surface area (Å²) in [7, 11) is 1.66. The standard InChI is InChI=1S/C14H22BrN3O2/c1-3-9-20-11-5-4-7-18(8-6-11)12-10-16-17(2)14(19)13(12)15/h10-11H,3-9H2,1-2H3. The van der Waals surface area contributed by atoms with Gasteiger partial charge in [-0.25, -0.2) is 4.68 Å². The van der Waals surface area contributed by atoms with Crippen molar-refractivity contribution in [1.82, 2.24) is 9.78 Å². The molecule has 112 valence electrons. The van der Waals surface area contributed by atoms with E-state index in [1.165, 1.54) is 4.68 Å². The Kier molecular flexibility index (Phi) is 5.60. The zero-order chi connectivity index (χ0) is 14.5. The summed E-state index contributed by atoms with van der Waals surface area (Å²) in [6, 6.07) is 0. The van der Waals surface area contributed by atoms with Gasteiger partial charge in [0.2, 0.25) is 0 Å². The van der Waals surface area contributed by atoms with Crippen molar-refractivity contribution < 1.29 is 4.74 Å². The fourth-order valence-electron chi connectivity index (χ4n) is 2.48. The van der Waals surface area contributed by atoms with Gasteiger partial charge in [-0.15, -0.1) is 0 Å². The molecule has 0 bridgehead atoms. The Bertz CT molecular complexity index is 504. The number of hydrogen-bond acceptors (Lipinski definition) is 4. The molecule has 1 saturated heterocycles. The third kappa shape index (κ3) is 3.61. The van der Waals surface area contributed by atoms with Crippen molar-refractivity contribution in [1.29, 1.82) is 0 Å². The van der Waals surface area contributed by atoms with Crippen molar-refractivity contribution >= 4 is 21.6 Å². The Morgan fingerprint density at radius 1 is 1.45 bits per heavy atom. The number of anilines is 1. The Balaban J connectivity index is 2.07. The highest BCUT2D eigenvalue weighted by molar-refractivity contribution is 9.10. The summed E-state index contributed by atoms with van der Waals surface area (Å²) in [5.41, 5.74) is 0.801. The maximum Gasteiger partial charge on any atom is 0.282 e. The van der Waals surface area contributed by atoms with Gasteiger partial charge in [0.1, 0.15) is 4.47 Å². The number of nitrogens with zero attached hydrogens (tertiary/aromatic N) is 3. The van der Waals surface area contributed by atoms with Gasteiger partial charge in [-0.05, 0) is 41.6 Å². The Morgan fingerprint density at radius 3 is 3.00 bits per heavy atom. The van der Waals surface area contributed by atoms with Gasteiger partial charge in [0, 0.05) is 26.7 Å². The molecule has 0 amide bonds. The highest BCUT2D eigenvalue weighted by Crippen LogP contribution is 2.25. The first-order valence-corrected chi connectivity index (χ1v) is 8.01. The molecule has 1 aliphatic heterocycles. The summed E-state index contributed by atoms with van der Waals surface area (Å²) in [4.78, 5) is 14.2. The summed E-state index contributed by atoms with van der Waals surface area (Å²) >= 11 is 3.40. The fraction of sp³-hybridized carbons (Fsp3) is 0.714. The second-order valence-electron chi connectivity index (χ2n) is 5.18. The maximum atomic E-state index is 11.9. The van der Waals surface area contributed by atoms with Crippen molar-refractivity contribution in [3.63, 3.8) is 0 Å². The maximum absolute atomic E-state index is 11.9. The lowest BCUT2D eigenvalue weighted by atomic mass is 10.2. The molecule has 1 aromatic heterocycles. The van der Waals surface area contributed by atoms with Crippen LogP contribution in [0.1, 0.15) is 32.6 Å². The molecule has 0 N–H and O–H groups in total. The summed E-state index contributed by atoms with van der Waals surface area (Å²) in [6.45, 7) is 4.81. The number of rotatable bonds is 4. The third-order valence-electron chi connectivity index (χ3n) is 3.63.